The SMILES string of the molecule is Cc1cc(C(=O)c2c(C)n(C)c3ccccc23)cc2ccccc12. The average molecular weight is 313 g/mol. The Hall–Kier alpha value is -2.87. The number of carbonyl (C=O) groups is 1. The molecule has 0 radical (unpaired) electrons. The highest BCUT2D eigenvalue weighted by Crippen LogP contribution is 2.29. The minimum atomic E-state index is 0.0955. The molecule has 0 saturated heterocycles. The third-order valence-corrected chi connectivity index (χ3v) is 4.96. The van der Waals surface area contributed by atoms with Crippen molar-refractivity contribution in [3.63, 3.8) is 0 Å². The molecule has 0 aliphatic rings. The maximum atomic E-state index is 13.3. The summed E-state index contributed by atoms with van der Waals surface area (Å²) in [4.78, 5) is 13.3. The number of rotatable bonds is 2. The molecule has 2 heteroatoms. The Balaban J connectivity index is 1.96. The summed E-state index contributed by atoms with van der Waals surface area (Å²) in [5.41, 5.74) is 4.80. The summed E-state index contributed by atoms with van der Waals surface area (Å²) in [5, 5.41) is 3.33. The monoisotopic (exact) mass is 313 g/mol. The number of hydrogen-bond donors (Lipinski definition) is 0. The number of para-hydroxylation sites is 1. The summed E-state index contributed by atoms with van der Waals surface area (Å²) in [5.74, 6) is 0.0955. The van der Waals surface area contributed by atoms with Crippen LogP contribution in [0.1, 0.15) is 27.2 Å². The normalized spacial score (nSPS) is 11.3. The van der Waals surface area contributed by atoms with Gasteiger partial charge in [-0.3, -0.25) is 4.79 Å². The second-order valence-corrected chi connectivity index (χ2v) is 6.38. The maximum absolute atomic E-state index is 13.3. The van der Waals surface area contributed by atoms with Gasteiger partial charge in [0.25, 0.3) is 0 Å². The van der Waals surface area contributed by atoms with Gasteiger partial charge in [-0.1, -0.05) is 42.5 Å². The van der Waals surface area contributed by atoms with Gasteiger partial charge in [-0.2, -0.15) is 0 Å². The van der Waals surface area contributed by atoms with Crippen LogP contribution >= 0.6 is 0 Å². The lowest BCUT2D eigenvalue weighted by Gasteiger charge is -2.07. The summed E-state index contributed by atoms with van der Waals surface area (Å²) < 4.78 is 2.09. The predicted octanol–water partition coefficient (Wildman–Crippen LogP) is 5.18. The fourth-order valence-electron chi connectivity index (χ4n) is 3.59. The van der Waals surface area contributed by atoms with Crippen LogP contribution in [-0.4, -0.2) is 10.4 Å². The van der Waals surface area contributed by atoms with Crippen LogP contribution in [0, 0.1) is 13.8 Å². The van der Waals surface area contributed by atoms with Crippen LogP contribution in [0.15, 0.2) is 60.7 Å². The smallest absolute Gasteiger partial charge is 0.195 e. The molecule has 3 aromatic carbocycles. The van der Waals surface area contributed by atoms with Gasteiger partial charge in [0.2, 0.25) is 0 Å². The van der Waals surface area contributed by atoms with Crippen LogP contribution in [0.5, 0.6) is 0 Å². The molecule has 0 bridgehead atoms. The Bertz CT molecular complexity index is 1100. The topological polar surface area (TPSA) is 22.0 Å². The number of aryl methyl sites for hydroxylation is 2. The highest BCUT2D eigenvalue weighted by atomic mass is 16.1. The summed E-state index contributed by atoms with van der Waals surface area (Å²) >= 11 is 0. The summed E-state index contributed by atoms with van der Waals surface area (Å²) in [6.45, 7) is 4.08. The van der Waals surface area contributed by atoms with E-state index in [1.54, 1.807) is 0 Å². The zero-order chi connectivity index (χ0) is 16.8. The van der Waals surface area contributed by atoms with Crippen molar-refractivity contribution in [2.24, 2.45) is 7.05 Å². The Morgan fingerprint density at radius 1 is 0.875 bits per heavy atom. The zero-order valence-electron chi connectivity index (χ0n) is 14.1. The lowest BCUT2D eigenvalue weighted by Crippen LogP contribution is -2.04. The van der Waals surface area contributed by atoms with Crippen molar-refractivity contribution in [3.8, 4) is 0 Å². The van der Waals surface area contributed by atoms with Gasteiger partial charge in [0.05, 0.1) is 5.56 Å². The molecule has 0 spiro atoms. The van der Waals surface area contributed by atoms with Crippen molar-refractivity contribution >= 4 is 27.5 Å². The molecule has 0 N–H and O–H groups in total. The van der Waals surface area contributed by atoms with E-state index in [-0.39, 0.29) is 5.78 Å². The van der Waals surface area contributed by atoms with Crippen LogP contribution in [0.4, 0.5) is 0 Å². The predicted molar refractivity (Wildman–Crippen MR) is 99.8 cm³/mol. The molecule has 1 heterocycles. The van der Waals surface area contributed by atoms with E-state index in [9.17, 15) is 4.79 Å². The zero-order valence-corrected chi connectivity index (χ0v) is 14.1. The number of hydrogen-bond acceptors (Lipinski definition) is 1. The largest absolute Gasteiger partial charge is 0.347 e. The van der Waals surface area contributed by atoms with Gasteiger partial charge in [0.15, 0.2) is 5.78 Å². The molecule has 0 unspecified atom stereocenters. The minimum Gasteiger partial charge on any atom is -0.347 e. The van der Waals surface area contributed by atoms with Crippen LogP contribution < -0.4 is 0 Å². The summed E-state index contributed by atoms with van der Waals surface area (Å²) in [6.07, 6.45) is 0. The molecular formula is C22H19NO. The molecule has 0 aliphatic carbocycles. The van der Waals surface area contributed by atoms with Crippen LogP contribution in [-0.2, 0) is 7.05 Å². The number of fused-ring (bicyclic) bond motifs is 2. The molecule has 1 aromatic heterocycles. The van der Waals surface area contributed by atoms with E-state index in [0.29, 0.717) is 0 Å². The van der Waals surface area contributed by atoms with E-state index < -0.39 is 0 Å². The van der Waals surface area contributed by atoms with E-state index in [1.807, 2.05) is 56.4 Å². The fourth-order valence-corrected chi connectivity index (χ4v) is 3.59. The quantitative estimate of drug-likeness (QED) is 0.467. The Morgan fingerprint density at radius 2 is 1.54 bits per heavy atom. The first-order chi connectivity index (χ1) is 11.6. The molecule has 118 valence electrons. The lowest BCUT2D eigenvalue weighted by atomic mass is 9.95. The number of nitrogens with zero attached hydrogens (tertiary/aromatic N) is 1. The van der Waals surface area contributed by atoms with Gasteiger partial charge in [0.1, 0.15) is 0 Å². The van der Waals surface area contributed by atoms with Crippen LogP contribution in [0.25, 0.3) is 21.7 Å². The molecule has 0 fully saturated rings. The van der Waals surface area contributed by atoms with E-state index >= 15 is 0 Å². The van der Waals surface area contributed by atoms with E-state index in [1.165, 1.54) is 5.39 Å². The van der Waals surface area contributed by atoms with Crippen LogP contribution in [0.3, 0.4) is 0 Å². The van der Waals surface area contributed by atoms with Crippen molar-refractivity contribution in [1.82, 2.24) is 4.57 Å². The lowest BCUT2D eigenvalue weighted by molar-refractivity contribution is 0.103. The average Bonchev–Trinajstić information content (AvgIpc) is 2.86. The van der Waals surface area contributed by atoms with Gasteiger partial charge < -0.3 is 4.57 Å². The van der Waals surface area contributed by atoms with Gasteiger partial charge in [-0.05, 0) is 48.4 Å². The minimum absolute atomic E-state index is 0.0955. The number of aromatic nitrogens is 1. The first-order valence-corrected chi connectivity index (χ1v) is 8.16. The standard InChI is InChI=1S/C22H19NO/c1-14-12-17(13-16-8-4-5-9-18(14)16)22(24)21-15(2)23(3)20-11-7-6-10-19(20)21/h4-13H,1-3H3. The number of ketones is 1. The number of benzene rings is 3. The number of carbonyl (C=O) groups excluding carboxylic acids is 1. The van der Waals surface area contributed by atoms with Crippen LogP contribution in [0.2, 0.25) is 0 Å². The van der Waals surface area contributed by atoms with Gasteiger partial charge in [0, 0.05) is 29.2 Å². The molecule has 0 aliphatic heterocycles. The van der Waals surface area contributed by atoms with Crippen molar-refractivity contribution in [1.29, 1.82) is 0 Å². The molecule has 4 aromatic rings. The van der Waals surface area contributed by atoms with Crippen molar-refractivity contribution < 1.29 is 4.79 Å². The Labute approximate surface area is 141 Å². The molecule has 0 amide bonds. The first-order valence-electron chi connectivity index (χ1n) is 8.16. The van der Waals surface area contributed by atoms with E-state index in [0.717, 1.165) is 38.7 Å². The molecule has 0 saturated carbocycles. The highest BCUT2D eigenvalue weighted by Gasteiger charge is 2.20. The molecule has 4 rings (SSSR count). The van der Waals surface area contributed by atoms with Gasteiger partial charge in [-0.25, -0.2) is 0 Å². The fraction of sp³-hybridized carbons (Fsp3) is 0.136. The van der Waals surface area contributed by atoms with Gasteiger partial charge in [-0.15, -0.1) is 0 Å². The third kappa shape index (κ3) is 2.07. The third-order valence-electron chi connectivity index (χ3n) is 4.96. The maximum Gasteiger partial charge on any atom is 0.195 e. The van der Waals surface area contributed by atoms with E-state index in [4.69, 9.17) is 0 Å². The van der Waals surface area contributed by atoms with Gasteiger partial charge >= 0.3 is 0 Å². The van der Waals surface area contributed by atoms with E-state index in [2.05, 4.69) is 29.7 Å². The molecule has 24 heavy (non-hydrogen) atoms. The summed E-state index contributed by atoms with van der Waals surface area (Å²) in [6, 6.07) is 20.3. The molecule has 2 nitrogen and oxygen atoms in total. The highest BCUT2D eigenvalue weighted by molar-refractivity contribution is 6.18. The van der Waals surface area contributed by atoms with Crippen molar-refractivity contribution in [3.05, 3.63) is 83.0 Å². The Kier molecular flexibility index (Phi) is 3.27. The molecule has 0 atom stereocenters. The summed E-state index contributed by atoms with van der Waals surface area (Å²) in [7, 11) is 2.01. The first kappa shape index (κ1) is 14.7. The Morgan fingerprint density at radius 3 is 2.33 bits per heavy atom. The van der Waals surface area contributed by atoms with Crippen molar-refractivity contribution in [2.75, 3.05) is 0 Å². The second kappa shape index (κ2) is 5.34. The molecular weight excluding hydrogens is 294 g/mol. The second-order valence-electron chi connectivity index (χ2n) is 6.38. The van der Waals surface area contributed by atoms with Crippen molar-refractivity contribution in [2.45, 2.75) is 13.8 Å².